The number of amides is 1. The average Bonchev–Trinajstić information content (AvgIpc) is 2.27. The lowest BCUT2D eigenvalue weighted by molar-refractivity contribution is -0.145. The fraction of sp³-hybridized carbons (Fsp3) is 0.923. The number of carbonyl (C=O) groups is 1. The maximum absolute atomic E-state index is 12.5. The predicted molar refractivity (Wildman–Crippen MR) is 66.5 cm³/mol. The second kappa shape index (κ2) is 4.94. The second-order valence-electron chi connectivity index (χ2n) is 5.77. The van der Waals surface area contributed by atoms with E-state index in [2.05, 4.69) is 0 Å². The highest BCUT2D eigenvalue weighted by Gasteiger charge is 2.40. The van der Waals surface area contributed by atoms with Gasteiger partial charge in [-0.25, -0.2) is 0 Å². The molecule has 4 nitrogen and oxygen atoms in total. The fourth-order valence-electron chi connectivity index (χ4n) is 3.00. The van der Waals surface area contributed by atoms with Gasteiger partial charge in [0.05, 0.1) is 18.6 Å². The van der Waals surface area contributed by atoms with Crippen LogP contribution in [-0.2, 0) is 9.53 Å². The Morgan fingerprint density at radius 1 is 1.47 bits per heavy atom. The van der Waals surface area contributed by atoms with Crippen LogP contribution in [0.3, 0.4) is 0 Å². The van der Waals surface area contributed by atoms with Crippen LogP contribution in [0.4, 0.5) is 0 Å². The molecule has 1 saturated carbocycles. The smallest absolute Gasteiger partial charge is 0.227 e. The zero-order chi connectivity index (χ0) is 12.5. The van der Waals surface area contributed by atoms with E-state index in [0.29, 0.717) is 13.2 Å². The average molecular weight is 240 g/mol. The number of carbonyl (C=O) groups excluding carboxylic acids is 1. The first-order valence-corrected chi connectivity index (χ1v) is 6.70. The van der Waals surface area contributed by atoms with Gasteiger partial charge in [0.25, 0.3) is 0 Å². The van der Waals surface area contributed by atoms with Crippen molar-refractivity contribution in [3.8, 4) is 0 Å². The zero-order valence-electron chi connectivity index (χ0n) is 10.9. The Balaban J connectivity index is 2.02. The van der Waals surface area contributed by atoms with Crippen LogP contribution >= 0.6 is 0 Å². The van der Waals surface area contributed by atoms with Crippen molar-refractivity contribution < 1.29 is 9.53 Å². The van der Waals surface area contributed by atoms with E-state index in [0.717, 1.165) is 32.2 Å². The first-order chi connectivity index (χ1) is 8.00. The molecule has 0 aromatic rings. The van der Waals surface area contributed by atoms with E-state index >= 15 is 0 Å². The first kappa shape index (κ1) is 12.8. The van der Waals surface area contributed by atoms with E-state index in [4.69, 9.17) is 10.5 Å². The van der Waals surface area contributed by atoms with E-state index in [1.54, 1.807) is 0 Å². The highest BCUT2D eigenvalue weighted by atomic mass is 16.5. The van der Waals surface area contributed by atoms with Crippen molar-refractivity contribution >= 4 is 5.91 Å². The van der Waals surface area contributed by atoms with E-state index in [9.17, 15) is 4.79 Å². The van der Waals surface area contributed by atoms with Crippen LogP contribution in [0.1, 0.15) is 39.5 Å². The van der Waals surface area contributed by atoms with Gasteiger partial charge in [-0.2, -0.15) is 0 Å². The number of nitrogens with zero attached hydrogens (tertiary/aromatic N) is 1. The molecule has 1 heterocycles. The van der Waals surface area contributed by atoms with Crippen LogP contribution in [0.15, 0.2) is 0 Å². The quantitative estimate of drug-likeness (QED) is 0.748. The molecule has 1 aliphatic carbocycles. The standard InChI is InChI=1S/C13H24N2O2/c1-10-9-15(7-8-17-10)12(16)11-5-3-4-6-13(11,2)14/h10-11H,3-9,14H2,1-2H3. The lowest BCUT2D eigenvalue weighted by Crippen LogP contribution is -2.56. The summed E-state index contributed by atoms with van der Waals surface area (Å²) >= 11 is 0. The number of morpholine rings is 1. The molecule has 0 aromatic heterocycles. The molecule has 2 fully saturated rings. The fourth-order valence-corrected chi connectivity index (χ4v) is 3.00. The molecule has 2 rings (SSSR count). The molecule has 1 aliphatic heterocycles. The van der Waals surface area contributed by atoms with Gasteiger partial charge in [0, 0.05) is 18.6 Å². The van der Waals surface area contributed by atoms with E-state index in [-0.39, 0.29) is 23.5 Å². The predicted octanol–water partition coefficient (Wildman–Crippen LogP) is 1.14. The summed E-state index contributed by atoms with van der Waals surface area (Å²) in [6.07, 6.45) is 4.33. The van der Waals surface area contributed by atoms with Crippen molar-refractivity contribution in [3.05, 3.63) is 0 Å². The van der Waals surface area contributed by atoms with Crippen LogP contribution in [0.2, 0.25) is 0 Å². The van der Waals surface area contributed by atoms with E-state index in [1.165, 1.54) is 0 Å². The Bertz CT molecular complexity index is 291. The molecule has 0 spiro atoms. The normalized spacial score (nSPS) is 39.1. The number of hydrogen-bond donors (Lipinski definition) is 1. The van der Waals surface area contributed by atoms with Gasteiger partial charge in [0.2, 0.25) is 5.91 Å². The summed E-state index contributed by atoms with van der Waals surface area (Å²) < 4.78 is 5.47. The Labute approximate surface area is 103 Å². The molecule has 0 radical (unpaired) electrons. The number of hydrogen-bond acceptors (Lipinski definition) is 3. The summed E-state index contributed by atoms with van der Waals surface area (Å²) in [6.45, 7) is 6.13. The lowest BCUT2D eigenvalue weighted by atomic mass is 9.74. The third-order valence-electron chi connectivity index (χ3n) is 4.11. The van der Waals surface area contributed by atoms with E-state index < -0.39 is 0 Å². The molecule has 1 amide bonds. The Morgan fingerprint density at radius 2 is 2.24 bits per heavy atom. The Hall–Kier alpha value is -0.610. The van der Waals surface area contributed by atoms with Crippen LogP contribution in [-0.4, -0.2) is 42.1 Å². The molecule has 98 valence electrons. The molecule has 1 saturated heterocycles. The third-order valence-corrected chi connectivity index (χ3v) is 4.11. The van der Waals surface area contributed by atoms with Crippen molar-refractivity contribution in [2.75, 3.05) is 19.7 Å². The minimum Gasteiger partial charge on any atom is -0.375 e. The third kappa shape index (κ3) is 2.80. The van der Waals surface area contributed by atoms with Gasteiger partial charge < -0.3 is 15.4 Å². The minimum atomic E-state index is -0.323. The molecular formula is C13H24N2O2. The molecule has 2 aliphatic rings. The number of rotatable bonds is 1. The second-order valence-corrected chi connectivity index (χ2v) is 5.77. The van der Waals surface area contributed by atoms with Gasteiger partial charge in [0.15, 0.2) is 0 Å². The van der Waals surface area contributed by atoms with Gasteiger partial charge in [-0.05, 0) is 26.7 Å². The van der Waals surface area contributed by atoms with Crippen LogP contribution in [0.5, 0.6) is 0 Å². The molecule has 3 atom stereocenters. The summed E-state index contributed by atoms with van der Waals surface area (Å²) in [5.74, 6) is 0.242. The summed E-state index contributed by atoms with van der Waals surface area (Å²) in [5, 5.41) is 0. The largest absolute Gasteiger partial charge is 0.375 e. The maximum Gasteiger partial charge on any atom is 0.227 e. The Morgan fingerprint density at radius 3 is 2.88 bits per heavy atom. The summed E-state index contributed by atoms with van der Waals surface area (Å²) in [6, 6.07) is 0. The van der Waals surface area contributed by atoms with Crippen molar-refractivity contribution in [1.82, 2.24) is 4.90 Å². The van der Waals surface area contributed by atoms with Gasteiger partial charge in [-0.15, -0.1) is 0 Å². The van der Waals surface area contributed by atoms with Crippen molar-refractivity contribution in [3.63, 3.8) is 0 Å². The number of nitrogens with two attached hydrogens (primary N) is 1. The monoisotopic (exact) mass is 240 g/mol. The van der Waals surface area contributed by atoms with Gasteiger partial charge >= 0.3 is 0 Å². The highest BCUT2D eigenvalue weighted by Crippen LogP contribution is 2.33. The maximum atomic E-state index is 12.5. The van der Waals surface area contributed by atoms with Crippen molar-refractivity contribution in [1.29, 1.82) is 0 Å². The summed E-state index contributed by atoms with van der Waals surface area (Å²) in [4.78, 5) is 14.4. The SMILES string of the molecule is CC1CN(C(=O)C2CCCCC2(C)N)CCO1. The minimum absolute atomic E-state index is 0.00144. The summed E-state index contributed by atoms with van der Waals surface area (Å²) in [5.41, 5.74) is 5.96. The molecular weight excluding hydrogens is 216 g/mol. The van der Waals surface area contributed by atoms with Gasteiger partial charge in [-0.3, -0.25) is 4.79 Å². The molecule has 3 unspecified atom stereocenters. The summed E-state index contributed by atoms with van der Waals surface area (Å²) in [7, 11) is 0. The van der Waals surface area contributed by atoms with Crippen LogP contribution in [0.25, 0.3) is 0 Å². The van der Waals surface area contributed by atoms with Crippen molar-refractivity contribution in [2.24, 2.45) is 11.7 Å². The number of ether oxygens (including phenoxy) is 1. The Kier molecular flexibility index (Phi) is 3.73. The van der Waals surface area contributed by atoms with Crippen LogP contribution in [0, 0.1) is 5.92 Å². The molecule has 4 heteroatoms. The zero-order valence-corrected chi connectivity index (χ0v) is 10.9. The lowest BCUT2D eigenvalue weighted by Gasteiger charge is -2.41. The van der Waals surface area contributed by atoms with Crippen LogP contribution < -0.4 is 5.73 Å². The molecule has 0 aromatic carbocycles. The van der Waals surface area contributed by atoms with Gasteiger partial charge in [-0.1, -0.05) is 12.8 Å². The topological polar surface area (TPSA) is 55.6 Å². The molecule has 17 heavy (non-hydrogen) atoms. The van der Waals surface area contributed by atoms with Crippen molar-refractivity contribution in [2.45, 2.75) is 51.2 Å². The van der Waals surface area contributed by atoms with Gasteiger partial charge in [0.1, 0.15) is 0 Å². The molecule has 2 N–H and O–H groups in total. The molecule has 0 bridgehead atoms. The highest BCUT2D eigenvalue weighted by molar-refractivity contribution is 5.80. The first-order valence-electron chi connectivity index (χ1n) is 6.70. The van der Waals surface area contributed by atoms with E-state index in [1.807, 2.05) is 18.7 Å².